The van der Waals surface area contributed by atoms with Crippen LogP contribution in [0.15, 0.2) is 60.7 Å². The highest BCUT2D eigenvalue weighted by Crippen LogP contribution is 2.30. The van der Waals surface area contributed by atoms with E-state index in [0.717, 1.165) is 18.2 Å². The lowest BCUT2D eigenvalue weighted by molar-refractivity contribution is -0.253. The number of carbonyl (C=O) groups is 3. The molecule has 166 valence electrons. The van der Waals surface area contributed by atoms with E-state index in [1.54, 1.807) is 0 Å². The molecule has 10 heteroatoms. The lowest BCUT2D eigenvalue weighted by Gasteiger charge is -2.11. The predicted octanol–water partition coefficient (Wildman–Crippen LogP) is 3.61. The number of phenols is 2. The lowest BCUT2D eigenvalue weighted by Crippen LogP contribution is -2.14. The number of esters is 1. The predicted molar refractivity (Wildman–Crippen MR) is 109 cm³/mol. The molecule has 0 aliphatic rings. The first-order valence-electron chi connectivity index (χ1n) is 8.81. The summed E-state index contributed by atoms with van der Waals surface area (Å²) in [5.41, 5.74) is -0.118. The van der Waals surface area contributed by atoms with Gasteiger partial charge in [-0.2, -0.15) is 0 Å². The maximum atomic E-state index is 12.3. The molecule has 0 fully saturated rings. The first kappa shape index (κ1) is 23.9. The topological polar surface area (TPSA) is 160 Å². The minimum absolute atomic E-state index is 0.0439. The molecule has 3 rings (SSSR count). The van der Waals surface area contributed by atoms with Crippen molar-refractivity contribution in [2.75, 3.05) is 0 Å². The van der Waals surface area contributed by atoms with Gasteiger partial charge < -0.3 is 29.6 Å². The summed E-state index contributed by atoms with van der Waals surface area (Å²) in [7, 11) is 0. The standard InChI is InChI=1S/C21H16O9.CH2O/c22-13-3-8-17(20(24)25)18(9-13)21(26)30-16-6-4-15(5-7-16)29-19-10-14(23)2-1-12(19)11-28-27;1-2/h1-10,22-23,27H,11H2,(H,24,25);1H2. The molecule has 0 unspecified atom stereocenters. The van der Waals surface area contributed by atoms with Crippen molar-refractivity contribution in [2.24, 2.45) is 0 Å². The van der Waals surface area contributed by atoms with Gasteiger partial charge in [-0.05, 0) is 54.6 Å². The molecular formula is C22H18O10. The molecule has 3 aromatic carbocycles. The smallest absolute Gasteiger partial charge is 0.344 e. The molecule has 0 heterocycles. The van der Waals surface area contributed by atoms with Crippen LogP contribution in [-0.2, 0) is 16.3 Å². The fraction of sp³-hybridized carbons (Fsp3) is 0.0455. The van der Waals surface area contributed by atoms with Gasteiger partial charge in [0.05, 0.1) is 11.1 Å². The first-order valence-corrected chi connectivity index (χ1v) is 8.81. The van der Waals surface area contributed by atoms with Crippen LogP contribution in [0.5, 0.6) is 28.7 Å². The van der Waals surface area contributed by atoms with Crippen LogP contribution in [0.1, 0.15) is 26.3 Å². The summed E-state index contributed by atoms with van der Waals surface area (Å²) in [6, 6.07) is 13.4. The van der Waals surface area contributed by atoms with E-state index in [4.69, 9.17) is 19.5 Å². The van der Waals surface area contributed by atoms with Crippen LogP contribution in [0.4, 0.5) is 0 Å². The van der Waals surface area contributed by atoms with Crippen molar-refractivity contribution in [1.82, 2.24) is 0 Å². The molecule has 0 aromatic heterocycles. The summed E-state index contributed by atoms with van der Waals surface area (Å²) in [4.78, 5) is 35.7. The van der Waals surface area contributed by atoms with Gasteiger partial charge in [-0.1, -0.05) is 0 Å². The van der Waals surface area contributed by atoms with Gasteiger partial charge in [0.2, 0.25) is 0 Å². The van der Waals surface area contributed by atoms with Gasteiger partial charge in [0, 0.05) is 11.6 Å². The van der Waals surface area contributed by atoms with Crippen LogP contribution < -0.4 is 9.47 Å². The van der Waals surface area contributed by atoms with E-state index >= 15 is 0 Å². The van der Waals surface area contributed by atoms with Gasteiger partial charge in [0.15, 0.2) is 0 Å². The number of carboxylic acid groups (broad SMARTS) is 1. The van der Waals surface area contributed by atoms with E-state index in [1.165, 1.54) is 42.5 Å². The Morgan fingerprint density at radius 1 is 0.812 bits per heavy atom. The number of carboxylic acids is 1. The third-order valence-corrected chi connectivity index (χ3v) is 3.99. The second-order valence-electron chi connectivity index (χ2n) is 6.06. The molecule has 10 nitrogen and oxygen atoms in total. The SMILES string of the molecule is C=O.O=C(O)c1ccc(O)cc1C(=O)Oc1ccc(Oc2cc(O)ccc2COO)cc1. The summed E-state index contributed by atoms with van der Waals surface area (Å²) in [5.74, 6) is -1.90. The van der Waals surface area contributed by atoms with Crippen molar-refractivity contribution in [2.45, 2.75) is 6.61 Å². The number of hydrogen-bond acceptors (Lipinski definition) is 9. The minimum Gasteiger partial charge on any atom is -0.508 e. The fourth-order valence-corrected chi connectivity index (χ4v) is 2.58. The van der Waals surface area contributed by atoms with Crippen molar-refractivity contribution in [3.63, 3.8) is 0 Å². The Hall–Kier alpha value is -4.41. The maximum absolute atomic E-state index is 12.3. The fourth-order valence-electron chi connectivity index (χ4n) is 2.58. The highest BCUT2D eigenvalue weighted by atomic mass is 17.1. The molecule has 0 atom stereocenters. The summed E-state index contributed by atoms with van der Waals surface area (Å²) < 4.78 is 10.8. The maximum Gasteiger partial charge on any atom is 0.344 e. The molecule has 3 aromatic rings. The number of rotatable bonds is 7. The quantitative estimate of drug-likeness (QED) is 0.184. The molecule has 0 spiro atoms. The summed E-state index contributed by atoms with van der Waals surface area (Å²) >= 11 is 0. The highest BCUT2D eigenvalue weighted by molar-refractivity contribution is 6.03. The van der Waals surface area contributed by atoms with E-state index in [2.05, 4.69) is 4.89 Å². The molecule has 0 aliphatic carbocycles. The van der Waals surface area contributed by atoms with Crippen molar-refractivity contribution < 1.29 is 49.3 Å². The summed E-state index contributed by atoms with van der Waals surface area (Å²) in [5, 5.41) is 37.0. The van der Waals surface area contributed by atoms with Crippen LogP contribution in [0.3, 0.4) is 0 Å². The van der Waals surface area contributed by atoms with Gasteiger partial charge in [-0.15, -0.1) is 0 Å². The molecule has 0 saturated carbocycles. The minimum atomic E-state index is -1.33. The zero-order chi connectivity index (χ0) is 23.7. The Balaban J connectivity index is 0.00000176. The Kier molecular flexibility index (Phi) is 8.29. The first-order chi connectivity index (χ1) is 15.4. The highest BCUT2D eigenvalue weighted by Gasteiger charge is 2.19. The molecule has 0 radical (unpaired) electrons. The average Bonchev–Trinajstić information content (AvgIpc) is 2.78. The number of phenolic OH excluding ortho intramolecular Hbond substituents is 2. The van der Waals surface area contributed by atoms with E-state index in [-0.39, 0.29) is 40.7 Å². The molecular weight excluding hydrogens is 424 g/mol. The third-order valence-electron chi connectivity index (χ3n) is 3.99. The van der Waals surface area contributed by atoms with Gasteiger partial charge in [-0.25, -0.2) is 14.5 Å². The monoisotopic (exact) mass is 442 g/mol. The zero-order valence-electron chi connectivity index (χ0n) is 16.4. The molecule has 4 N–H and O–H groups in total. The number of aromatic carboxylic acids is 1. The second kappa shape index (κ2) is 11.1. The Bertz CT molecular complexity index is 1090. The Morgan fingerprint density at radius 2 is 1.41 bits per heavy atom. The van der Waals surface area contributed by atoms with E-state index < -0.39 is 11.9 Å². The summed E-state index contributed by atoms with van der Waals surface area (Å²) in [6.07, 6.45) is 0. The number of benzene rings is 3. The lowest BCUT2D eigenvalue weighted by atomic mass is 10.1. The average molecular weight is 442 g/mol. The van der Waals surface area contributed by atoms with Crippen molar-refractivity contribution in [3.8, 4) is 28.7 Å². The zero-order valence-corrected chi connectivity index (χ0v) is 16.4. The Morgan fingerprint density at radius 3 is 2.03 bits per heavy atom. The molecule has 32 heavy (non-hydrogen) atoms. The van der Waals surface area contributed by atoms with E-state index in [1.807, 2.05) is 6.79 Å². The third kappa shape index (κ3) is 6.05. The second-order valence-corrected chi connectivity index (χ2v) is 6.06. The van der Waals surface area contributed by atoms with Gasteiger partial charge in [0.25, 0.3) is 0 Å². The van der Waals surface area contributed by atoms with Crippen molar-refractivity contribution in [1.29, 1.82) is 0 Å². The number of carbonyl (C=O) groups excluding carboxylic acids is 2. The molecule has 0 aliphatic heterocycles. The van der Waals surface area contributed by atoms with Crippen LogP contribution in [-0.4, -0.2) is 39.3 Å². The van der Waals surface area contributed by atoms with Crippen molar-refractivity contribution in [3.05, 3.63) is 77.4 Å². The van der Waals surface area contributed by atoms with Gasteiger partial charge in [-0.3, -0.25) is 5.26 Å². The number of hydrogen-bond donors (Lipinski definition) is 4. The molecule has 0 bridgehead atoms. The van der Waals surface area contributed by atoms with E-state index in [0.29, 0.717) is 11.3 Å². The van der Waals surface area contributed by atoms with Crippen LogP contribution in [0.25, 0.3) is 0 Å². The van der Waals surface area contributed by atoms with E-state index in [9.17, 15) is 24.9 Å². The normalized spacial score (nSPS) is 9.91. The van der Waals surface area contributed by atoms with Crippen molar-refractivity contribution >= 4 is 18.7 Å². The van der Waals surface area contributed by atoms with Gasteiger partial charge in [0.1, 0.15) is 42.1 Å². The Labute approximate surface area is 181 Å². The summed E-state index contributed by atoms with van der Waals surface area (Å²) in [6.45, 7) is 1.85. The largest absolute Gasteiger partial charge is 0.508 e. The van der Waals surface area contributed by atoms with Crippen LogP contribution in [0, 0.1) is 0 Å². The molecule has 0 saturated heterocycles. The van der Waals surface area contributed by atoms with Gasteiger partial charge >= 0.3 is 11.9 Å². The molecule has 0 amide bonds. The number of aromatic hydroxyl groups is 2. The van der Waals surface area contributed by atoms with Crippen LogP contribution >= 0.6 is 0 Å². The van der Waals surface area contributed by atoms with Crippen LogP contribution in [0.2, 0.25) is 0 Å². The number of ether oxygens (including phenoxy) is 2.